The molecule has 1 saturated heterocycles. The number of aliphatic hydroxyl groups excluding tert-OH is 4. The summed E-state index contributed by atoms with van der Waals surface area (Å²) in [5.74, 6) is -0.329. The van der Waals surface area contributed by atoms with E-state index in [-0.39, 0.29) is 19.2 Å². The lowest BCUT2D eigenvalue weighted by atomic mass is 9.99. The molecule has 1 aliphatic heterocycles. The molecule has 0 aromatic carbocycles. The summed E-state index contributed by atoms with van der Waals surface area (Å²) in [4.78, 5) is 12.8. The fourth-order valence-corrected chi connectivity index (χ4v) is 6.58. The monoisotopic (exact) mass is 817 g/mol. The van der Waals surface area contributed by atoms with Crippen molar-refractivity contribution in [3.63, 3.8) is 0 Å². The average Bonchev–Trinajstić information content (AvgIpc) is 3.22. The highest BCUT2D eigenvalue weighted by molar-refractivity contribution is 5.69. The molecule has 1 rings (SSSR count). The zero-order valence-corrected chi connectivity index (χ0v) is 36.5. The van der Waals surface area contributed by atoms with Crippen LogP contribution in [0.25, 0.3) is 0 Å². The summed E-state index contributed by atoms with van der Waals surface area (Å²) in [5, 5.41) is 40.1. The molecule has 4 N–H and O–H groups in total. The van der Waals surface area contributed by atoms with Crippen LogP contribution >= 0.6 is 0 Å². The minimum Gasteiger partial charge on any atom is -0.457 e. The van der Waals surface area contributed by atoms with Crippen molar-refractivity contribution in [3.8, 4) is 0 Å². The van der Waals surface area contributed by atoms with Crippen LogP contribution in [0.3, 0.4) is 0 Å². The van der Waals surface area contributed by atoms with E-state index in [0.717, 1.165) is 96.3 Å². The van der Waals surface area contributed by atoms with E-state index in [1.165, 1.54) is 51.4 Å². The molecule has 1 aliphatic rings. The maximum Gasteiger partial charge on any atom is 0.306 e. The quantitative estimate of drug-likeness (QED) is 0.0273. The maximum absolute atomic E-state index is 12.8. The standard InChI is InChI=1S/C49H84O9/c1-3-5-7-9-11-13-15-17-19-21-23-25-27-29-31-33-35-37-39-55-41-43(42-56-49-48(54)47(53)46(52)44(40-50)58-49)57-45(51)38-36-34-32-30-28-26-24-22-20-18-16-14-12-10-8-6-4-2/h5-8,11-14,17-20,43-44,46-50,52-54H,3-4,9-10,15-16,21-42H2,1-2H3/b7-5-,8-6-,13-11-,14-12-,19-17-,20-18-. The van der Waals surface area contributed by atoms with Gasteiger partial charge in [0, 0.05) is 13.0 Å². The van der Waals surface area contributed by atoms with Gasteiger partial charge in [-0.15, -0.1) is 0 Å². The molecule has 0 aromatic rings. The van der Waals surface area contributed by atoms with Gasteiger partial charge < -0.3 is 39.4 Å². The first-order valence-electron chi connectivity index (χ1n) is 23.0. The smallest absolute Gasteiger partial charge is 0.306 e. The van der Waals surface area contributed by atoms with Crippen molar-refractivity contribution in [2.45, 2.75) is 205 Å². The van der Waals surface area contributed by atoms with Crippen LogP contribution in [-0.2, 0) is 23.7 Å². The number of allylic oxidation sites excluding steroid dienone is 12. The normalized spacial score (nSPS) is 21.0. The van der Waals surface area contributed by atoms with Gasteiger partial charge in [0.25, 0.3) is 0 Å². The Morgan fingerprint density at radius 3 is 1.50 bits per heavy atom. The Balaban J connectivity index is 2.27. The van der Waals surface area contributed by atoms with Crippen LogP contribution in [0.2, 0.25) is 0 Å². The van der Waals surface area contributed by atoms with E-state index in [2.05, 4.69) is 86.8 Å². The molecular formula is C49H84O9. The second-order valence-corrected chi connectivity index (χ2v) is 15.4. The van der Waals surface area contributed by atoms with Crippen molar-refractivity contribution < 1.29 is 44.2 Å². The largest absolute Gasteiger partial charge is 0.457 e. The number of rotatable bonds is 38. The molecular weight excluding hydrogens is 733 g/mol. The summed E-state index contributed by atoms with van der Waals surface area (Å²) in [5.41, 5.74) is 0. The Morgan fingerprint density at radius 2 is 1.00 bits per heavy atom. The third-order valence-electron chi connectivity index (χ3n) is 10.1. The molecule has 0 radical (unpaired) electrons. The van der Waals surface area contributed by atoms with Gasteiger partial charge in [0.2, 0.25) is 0 Å². The lowest BCUT2D eigenvalue weighted by molar-refractivity contribution is -0.305. The average molecular weight is 817 g/mol. The summed E-state index contributed by atoms with van der Waals surface area (Å²) in [6.45, 7) is 4.30. The van der Waals surface area contributed by atoms with Gasteiger partial charge in [-0.05, 0) is 77.0 Å². The van der Waals surface area contributed by atoms with E-state index in [1.54, 1.807) is 0 Å². The topological polar surface area (TPSA) is 135 Å². The zero-order chi connectivity index (χ0) is 42.2. The molecule has 0 spiro atoms. The maximum atomic E-state index is 12.8. The molecule has 58 heavy (non-hydrogen) atoms. The number of ether oxygens (including phenoxy) is 4. The third kappa shape index (κ3) is 30.6. The summed E-state index contributed by atoms with van der Waals surface area (Å²) in [6, 6.07) is 0. The van der Waals surface area contributed by atoms with Gasteiger partial charge in [-0.1, -0.05) is 157 Å². The van der Waals surface area contributed by atoms with Crippen molar-refractivity contribution in [1.82, 2.24) is 0 Å². The predicted molar refractivity (Wildman–Crippen MR) is 237 cm³/mol. The highest BCUT2D eigenvalue weighted by Crippen LogP contribution is 2.22. The van der Waals surface area contributed by atoms with Crippen LogP contribution < -0.4 is 0 Å². The molecule has 9 nitrogen and oxygen atoms in total. The SMILES string of the molecule is CC/C=C\C/C=C\C/C=C\CCCCCCCCCCOCC(COC1OC(CO)C(O)C(O)C1O)OC(=O)CCCCCCCCC/C=C\C/C=C\C/C=C\CC. The lowest BCUT2D eigenvalue weighted by Gasteiger charge is -2.39. The van der Waals surface area contributed by atoms with Crippen LogP contribution in [0.4, 0.5) is 0 Å². The van der Waals surface area contributed by atoms with Crippen LogP contribution in [0.1, 0.15) is 168 Å². The number of hydrogen-bond donors (Lipinski definition) is 4. The van der Waals surface area contributed by atoms with Crippen molar-refractivity contribution >= 4 is 5.97 Å². The minimum atomic E-state index is -1.54. The van der Waals surface area contributed by atoms with Gasteiger partial charge in [0.05, 0.1) is 19.8 Å². The van der Waals surface area contributed by atoms with Crippen molar-refractivity contribution in [2.24, 2.45) is 0 Å². The molecule has 1 fully saturated rings. The second kappa shape index (κ2) is 40.1. The number of carbonyl (C=O) groups excluding carboxylic acids is 1. The van der Waals surface area contributed by atoms with Gasteiger partial charge in [-0.2, -0.15) is 0 Å². The summed E-state index contributed by atoms with van der Waals surface area (Å²) in [7, 11) is 0. The highest BCUT2D eigenvalue weighted by atomic mass is 16.7. The van der Waals surface area contributed by atoms with Crippen molar-refractivity contribution in [1.29, 1.82) is 0 Å². The molecule has 0 amide bonds. The molecule has 0 aliphatic carbocycles. The Labute approximate surface area is 353 Å². The molecule has 334 valence electrons. The van der Waals surface area contributed by atoms with Gasteiger partial charge in [0.1, 0.15) is 30.5 Å². The number of carbonyl (C=O) groups is 1. The Kier molecular flexibility index (Phi) is 37.1. The number of hydrogen-bond acceptors (Lipinski definition) is 9. The minimum absolute atomic E-state index is 0.124. The Hall–Kier alpha value is -2.37. The number of esters is 1. The second-order valence-electron chi connectivity index (χ2n) is 15.4. The number of aliphatic hydroxyl groups is 4. The van der Waals surface area contributed by atoms with Crippen LogP contribution in [0, 0.1) is 0 Å². The first-order valence-corrected chi connectivity index (χ1v) is 23.0. The molecule has 9 heteroatoms. The van der Waals surface area contributed by atoms with E-state index < -0.39 is 43.4 Å². The Morgan fingerprint density at radius 1 is 0.552 bits per heavy atom. The van der Waals surface area contributed by atoms with Gasteiger partial charge in [-0.25, -0.2) is 0 Å². The summed E-state index contributed by atoms with van der Waals surface area (Å²) >= 11 is 0. The van der Waals surface area contributed by atoms with Gasteiger partial charge >= 0.3 is 5.97 Å². The fraction of sp³-hybridized carbons (Fsp3) is 0.735. The molecule has 0 saturated carbocycles. The molecule has 0 aromatic heterocycles. The van der Waals surface area contributed by atoms with E-state index in [1.807, 2.05) is 0 Å². The molecule has 0 bridgehead atoms. The summed E-state index contributed by atoms with van der Waals surface area (Å²) in [6.07, 6.45) is 44.9. The van der Waals surface area contributed by atoms with Crippen molar-refractivity contribution in [2.75, 3.05) is 26.4 Å². The van der Waals surface area contributed by atoms with Gasteiger partial charge in [0.15, 0.2) is 6.29 Å². The molecule has 6 atom stereocenters. The van der Waals surface area contributed by atoms with E-state index in [0.29, 0.717) is 13.0 Å². The molecule has 1 heterocycles. The first-order chi connectivity index (χ1) is 28.4. The van der Waals surface area contributed by atoms with E-state index >= 15 is 0 Å². The molecule has 6 unspecified atom stereocenters. The van der Waals surface area contributed by atoms with Crippen LogP contribution in [-0.4, -0.2) is 89.6 Å². The predicted octanol–water partition coefficient (Wildman–Crippen LogP) is 10.5. The lowest BCUT2D eigenvalue weighted by Crippen LogP contribution is -2.59. The fourth-order valence-electron chi connectivity index (χ4n) is 6.58. The summed E-state index contributed by atoms with van der Waals surface area (Å²) < 4.78 is 22.8. The highest BCUT2D eigenvalue weighted by Gasteiger charge is 2.44. The Bertz CT molecular complexity index is 1110. The first kappa shape index (κ1) is 53.6. The van der Waals surface area contributed by atoms with Crippen molar-refractivity contribution in [3.05, 3.63) is 72.9 Å². The number of unbranched alkanes of at least 4 members (excludes halogenated alkanes) is 15. The third-order valence-corrected chi connectivity index (χ3v) is 10.1. The van der Waals surface area contributed by atoms with E-state index in [4.69, 9.17) is 18.9 Å². The van der Waals surface area contributed by atoms with E-state index in [9.17, 15) is 25.2 Å². The van der Waals surface area contributed by atoms with Gasteiger partial charge in [-0.3, -0.25) is 4.79 Å². The van der Waals surface area contributed by atoms with Crippen LogP contribution in [0.15, 0.2) is 72.9 Å². The van der Waals surface area contributed by atoms with Crippen LogP contribution in [0.5, 0.6) is 0 Å². The zero-order valence-electron chi connectivity index (χ0n) is 36.5.